The molecule has 104 valence electrons. The molecule has 4 nitrogen and oxygen atoms in total. The van der Waals surface area contributed by atoms with Crippen LogP contribution in [0.1, 0.15) is 5.56 Å². The van der Waals surface area contributed by atoms with E-state index >= 15 is 0 Å². The topological polar surface area (TPSA) is 54.9 Å². The number of amides is 1. The fraction of sp³-hybridized carbons (Fsp3) is 0.0625. The first kappa shape index (κ1) is 13.5. The number of anilines is 1. The molecule has 2 aromatic carbocycles. The van der Waals surface area contributed by atoms with Crippen LogP contribution in [0.5, 0.6) is 0 Å². The average molecular weight is 295 g/mol. The number of carbonyl (C=O) groups is 1. The second-order valence-corrected chi connectivity index (χ2v) is 5.47. The zero-order chi connectivity index (χ0) is 14.5. The van der Waals surface area contributed by atoms with Crippen LogP contribution in [0.3, 0.4) is 0 Å². The minimum absolute atomic E-state index is 0.0861. The molecule has 0 aliphatic carbocycles. The van der Waals surface area contributed by atoms with Crippen LogP contribution in [0, 0.1) is 0 Å². The summed E-state index contributed by atoms with van der Waals surface area (Å²) < 4.78 is 0. The summed E-state index contributed by atoms with van der Waals surface area (Å²) in [4.78, 5) is 12.0. The molecular weight excluding hydrogens is 282 g/mol. The third-order valence-corrected chi connectivity index (χ3v) is 3.79. The summed E-state index contributed by atoms with van der Waals surface area (Å²) in [5.74, 6) is -0.0861. The molecule has 0 fully saturated rings. The predicted molar refractivity (Wildman–Crippen MR) is 84.1 cm³/mol. The zero-order valence-electron chi connectivity index (χ0n) is 11.2. The Balaban J connectivity index is 1.66. The Bertz CT molecular complexity index is 726. The van der Waals surface area contributed by atoms with E-state index in [9.17, 15) is 4.79 Å². The lowest BCUT2D eigenvalue weighted by Crippen LogP contribution is -2.14. The van der Waals surface area contributed by atoms with Gasteiger partial charge >= 0.3 is 0 Å². The van der Waals surface area contributed by atoms with Gasteiger partial charge in [-0.1, -0.05) is 72.0 Å². The quantitative estimate of drug-likeness (QED) is 0.802. The third-order valence-electron chi connectivity index (χ3n) is 2.90. The van der Waals surface area contributed by atoms with Gasteiger partial charge in [0, 0.05) is 5.56 Å². The van der Waals surface area contributed by atoms with E-state index in [1.165, 1.54) is 11.3 Å². The third kappa shape index (κ3) is 3.52. The molecule has 21 heavy (non-hydrogen) atoms. The summed E-state index contributed by atoms with van der Waals surface area (Å²) in [7, 11) is 0. The molecule has 0 unspecified atom stereocenters. The Morgan fingerprint density at radius 1 is 0.952 bits per heavy atom. The molecule has 0 spiro atoms. The summed E-state index contributed by atoms with van der Waals surface area (Å²) in [6, 6.07) is 19.4. The van der Waals surface area contributed by atoms with Gasteiger partial charge in [0.05, 0.1) is 6.42 Å². The van der Waals surface area contributed by atoms with E-state index in [0.29, 0.717) is 11.6 Å². The van der Waals surface area contributed by atoms with Gasteiger partial charge in [-0.25, -0.2) is 0 Å². The van der Waals surface area contributed by atoms with Crippen molar-refractivity contribution in [1.29, 1.82) is 0 Å². The number of hydrogen-bond acceptors (Lipinski definition) is 4. The van der Waals surface area contributed by atoms with Gasteiger partial charge in [-0.15, -0.1) is 10.2 Å². The number of nitrogens with one attached hydrogen (secondary N) is 1. The summed E-state index contributed by atoms with van der Waals surface area (Å²) in [6.45, 7) is 0. The minimum Gasteiger partial charge on any atom is -0.300 e. The standard InChI is InChI=1S/C16H13N3OS/c20-14(11-12-7-3-1-4-8-12)17-16-19-18-15(21-16)13-9-5-2-6-10-13/h1-10H,11H2,(H,17,19,20). The SMILES string of the molecule is O=C(Cc1ccccc1)Nc1nnc(-c2ccccc2)s1. The lowest BCUT2D eigenvalue weighted by Gasteiger charge is -2.00. The molecular formula is C16H13N3OS. The maximum Gasteiger partial charge on any atom is 0.230 e. The summed E-state index contributed by atoms with van der Waals surface area (Å²) >= 11 is 1.37. The van der Waals surface area contributed by atoms with Gasteiger partial charge in [0.1, 0.15) is 5.01 Å². The van der Waals surface area contributed by atoms with Crippen LogP contribution in [0.4, 0.5) is 5.13 Å². The smallest absolute Gasteiger partial charge is 0.230 e. The first-order valence-electron chi connectivity index (χ1n) is 6.54. The Hall–Kier alpha value is -2.53. The van der Waals surface area contributed by atoms with Crippen molar-refractivity contribution in [2.75, 3.05) is 5.32 Å². The largest absolute Gasteiger partial charge is 0.300 e. The van der Waals surface area contributed by atoms with Crippen LogP contribution >= 0.6 is 11.3 Å². The normalized spacial score (nSPS) is 10.3. The highest BCUT2D eigenvalue weighted by Crippen LogP contribution is 2.25. The van der Waals surface area contributed by atoms with Crippen LogP contribution in [0.2, 0.25) is 0 Å². The Kier molecular flexibility index (Phi) is 4.02. The van der Waals surface area contributed by atoms with Gasteiger partial charge in [0.2, 0.25) is 11.0 Å². The first-order chi connectivity index (χ1) is 10.3. The maximum atomic E-state index is 12.0. The molecule has 1 heterocycles. The van der Waals surface area contributed by atoms with E-state index < -0.39 is 0 Å². The van der Waals surface area contributed by atoms with Crippen molar-refractivity contribution in [3.63, 3.8) is 0 Å². The molecule has 0 saturated heterocycles. The first-order valence-corrected chi connectivity index (χ1v) is 7.35. The molecule has 1 aromatic heterocycles. The highest BCUT2D eigenvalue weighted by molar-refractivity contribution is 7.18. The minimum atomic E-state index is -0.0861. The molecule has 3 rings (SSSR count). The Labute approximate surface area is 126 Å². The van der Waals surface area contributed by atoms with Crippen LogP contribution in [-0.2, 0) is 11.2 Å². The highest BCUT2D eigenvalue weighted by Gasteiger charge is 2.09. The lowest BCUT2D eigenvalue weighted by atomic mass is 10.1. The fourth-order valence-corrected chi connectivity index (χ4v) is 2.68. The van der Waals surface area contributed by atoms with E-state index in [-0.39, 0.29) is 5.91 Å². The number of carbonyl (C=O) groups excluding carboxylic acids is 1. The van der Waals surface area contributed by atoms with Crippen molar-refractivity contribution in [2.45, 2.75) is 6.42 Å². The van der Waals surface area contributed by atoms with Gasteiger partial charge in [-0.2, -0.15) is 0 Å². The van der Waals surface area contributed by atoms with Gasteiger partial charge in [0.15, 0.2) is 0 Å². The van der Waals surface area contributed by atoms with E-state index in [0.717, 1.165) is 16.1 Å². The van der Waals surface area contributed by atoms with Crippen molar-refractivity contribution in [3.05, 3.63) is 66.2 Å². The molecule has 0 atom stereocenters. The van der Waals surface area contributed by atoms with E-state index in [1.807, 2.05) is 60.7 Å². The second-order valence-electron chi connectivity index (χ2n) is 4.49. The number of nitrogens with zero attached hydrogens (tertiary/aromatic N) is 2. The summed E-state index contributed by atoms with van der Waals surface area (Å²) in [5.41, 5.74) is 1.97. The van der Waals surface area contributed by atoms with Crippen molar-refractivity contribution in [2.24, 2.45) is 0 Å². The molecule has 5 heteroatoms. The maximum absolute atomic E-state index is 12.0. The van der Waals surface area contributed by atoms with Crippen molar-refractivity contribution in [3.8, 4) is 10.6 Å². The van der Waals surface area contributed by atoms with Gasteiger partial charge in [0.25, 0.3) is 0 Å². The molecule has 0 radical (unpaired) electrons. The van der Waals surface area contributed by atoms with Crippen LogP contribution in [0.25, 0.3) is 10.6 Å². The molecule has 1 amide bonds. The average Bonchev–Trinajstić information content (AvgIpc) is 2.97. The number of benzene rings is 2. The van der Waals surface area contributed by atoms with Crippen molar-refractivity contribution < 1.29 is 4.79 Å². The fourth-order valence-electron chi connectivity index (χ4n) is 1.92. The Morgan fingerprint density at radius 3 is 2.33 bits per heavy atom. The van der Waals surface area contributed by atoms with Crippen LogP contribution in [0.15, 0.2) is 60.7 Å². The monoisotopic (exact) mass is 295 g/mol. The second kappa shape index (κ2) is 6.28. The molecule has 0 bridgehead atoms. The van der Waals surface area contributed by atoms with Crippen molar-refractivity contribution >= 4 is 22.4 Å². The van der Waals surface area contributed by atoms with E-state index in [1.54, 1.807) is 0 Å². The van der Waals surface area contributed by atoms with Gasteiger partial charge < -0.3 is 5.32 Å². The van der Waals surface area contributed by atoms with Gasteiger partial charge in [-0.05, 0) is 5.56 Å². The van der Waals surface area contributed by atoms with Crippen molar-refractivity contribution in [1.82, 2.24) is 10.2 Å². The molecule has 0 aliphatic rings. The molecule has 3 aromatic rings. The highest BCUT2D eigenvalue weighted by atomic mass is 32.1. The summed E-state index contributed by atoms with van der Waals surface area (Å²) in [6.07, 6.45) is 0.334. The molecule has 0 aliphatic heterocycles. The molecule has 1 N–H and O–H groups in total. The predicted octanol–water partition coefficient (Wildman–Crippen LogP) is 3.39. The number of aromatic nitrogens is 2. The van der Waals surface area contributed by atoms with Gasteiger partial charge in [-0.3, -0.25) is 4.79 Å². The van der Waals surface area contributed by atoms with E-state index in [4.69, 9.17) is 0 Å². The zero-order valence-corrected chi connectivity index (χ0v) is 12.0. The van der Waals surface area contributed by atoms with E-state index in [2.05, 4.69) is 15.5 Å². The number of hydrogen-bond donors (Lipinski definition) is 1. The molecule has 0 saturated carbocycles. The lowest BCUT2D eigenvalue weighted by molar-refractivity contribution is -0.115. The summed E-state index contributed by atoms with van der Waals surface area (Å²) in [5, 5.41) is 12.2. The Morgan fingerprint density at radius 2 is 1.62 bits per heavy atom. The van der Waals surface area contributed by atoms with Crippen LogP contribution < -0.4 is 5.32 Å². The number of rotatable bonds is 4. The van der Waals surface area contributed by atoms with Crippen LogP contribution in [-0.4, -0.2) is 16.1 Å².